The molecule has 1 saturated carbocycles. The van der Waals surface area contributed by atoms with E-state index >= 15 is 0 Å². The lowest BCUT2D eigenvalue weighted by Crippen LogP contribution is -2.12. The van der Waals surface area contributed by atoms with Crippen LogP contribution in [0.4, 0.5) is 5.69 Å². The van der Waals surface area contributed by atoms with Crippen molar-refractivity contribution in [2.24, 2.45) is 5.92 Å². The Morgan fingerprint density at radius 1 is 1.24 bits per heavy atom. The van der Waals surface area contributed by atoms with E-state index in [1.54, 1.807) is 0 Å². The van der Waals surface area contributed by atoms with Crippen LogP contribution >= 0.6 is 0 Å². The van der Waals surface area contributed by atoms with Crippen LogP contribution in [0.2, 0.25) is 0 Å². The van der Waals surface area contributed by atoms with Crippen LogP contribution in [0.1, 0.15) is 25.3 Å². The Morgan fingerprint density at radius 3 is 2.86 bits per heavy atom. The van der Waals surface area contributed by atoms with E-state index in [9.17, 15) is 4.79 Å². The Bertz CT molecular complexity index is 843. The fraction of sp³-hybridized carbons (Fsp3) is 0.278. The molecule has 0 spiro atoms. The van der Waals surface area contributed by atoms with Gasteiger partial charge in [-0.15, -0.1) is 0 Å². The van der Waals surface area contributed by atoms with Gasteiger partial charge in [0.1, 0.15) is 0 Å². The zero-order chi connectivity index (χ0) is 14.4. The molecule has 0 radical (unpaired) electrons. The van der Waals surface area contributed by atoms with Gasteiger partial charge in [0, 0.05) is 33.4 Å². The van der Waals surface area contributed by atoms with Crippen LogP contribution in [0.25, 0.3) is 21.8 Å². The summed E-state index contributed by atoms with van der Waals surface area (Å²) in [5, 5.41) is 5.48. The first-order valence-electron chi connectivity index (χ1n) is 7.60. The van der Waals surface area contributed by atoms with Crippen LogP contribution in [0.3, 0.4) is 0 Å². The smallest absolute Gasteiger partial charge is 0.227 e. The quantitative estimate of drug-likeness (QED) is 0.739. The molecule has 1 aliphatic rings. The third-order valence-corrected chi connectivity index (χ3v) is 4.32. The fourth-order valence-corrected chi connectivity index (χ4v) is 2.95. The van der Waals surface area contributed by atoms with Gasteiger partial charge >= 0.3 is 0 Å². The zero-order valence-corrected chi connectivity index (χ0v) is 12.1. The molecule has 3 heteroatoms. The van der Waals surface area contributed by atoms with Crippen LogP contribution in [0, 0.1) is 5.92 Å². The lowest BCUT2D eigenvalue weighted by molar-refractivity contribution is -0.117. The number of H-pyrrole nitrogens is 1. The van der Waals surface area contributed by atoms with Gasteiger partial charge in [0.05, 0.1) is 0 Å². The molecule has 0 aliphatic heterocycles. The minimum atomic E-state index is 0.153. The third kappa shape index (κ3) is 2.09. The summed E-state index contributed by atoms with van der Waals surface area (Å²) in [6, 6.07) is 12.5. The zero-order valence-electron chi connectivity index (χ0n) is 12.1. The van der Waals surface area contributed by atoms with Crippen molar-refractivity contribution in [3.8, 4) is 0 Å². The Morgan fingerprint density at radius 2 is 2.10 bits per heavy atom. The van der Waals surface area contributed by atoms with E-state index in [0.717, 1.165) is 30.5 Å². The minimum absolute atomic E-state index is 0.153. The molecule has 3 nitrogen and oxygen atoms in total. The Kier molecular flexibility index (Phi) is 2.74. The van der Waals surface area contributed by atoms with E-state index in [2.05, 4.69) is 41.5 Å². The highest BCUT2D eigenvalue weighted by Crippen LogP contribution is 2.32. The Balaban J connectivity index is 1.80. The number of para-hydroxylation sites is 1. The number of aromatic amines is 1. The molecule has 1 aliphatic carbocycles. The van der Waals surface area contributed by atoms with Gasteiger partial charge in [-0.25, -0.2) is 0 Å². The lowest BCUT2D eigenvalue weighted by Gasteiger charge is -2.03. The minimum Gasteiger partial charge on any atom is -0.354 e. The summed E-state index contributed by atoms with van der Waals surface area (Å²) in [6.07, 6.45) is 3.07. The molecule has 0 bridgehead atoms. The molecule has 4 rings (SSSR count). The number of rotatable bonds is 3. The molecule has 3 aromatic rings. The highest BCUT2D eigenvalue weighted by Gasteiger charge is 2.29. The predicted molar refractivity (Wildman–Crippen MR) is 86.5 cm³/mol. The molecule has 1 amide bonds. The molecule has 0 atom stereocenters. The largest absolute Gasteiger partial charge is 0.354 e. The van der Waals surface area contributed by atoms with Crippen LogP contribution in [0.5, 0.6) is 0 Å². The van der Waals surface area contributed by atoms with Gasteiger partial charge in [-0.3, -0.25) is 4.79 Å². The number of hydrogen-bond donors (Lipinski definition) is 2. The van der Waals surface area contributed by atoms with Gasteiger partial charge in [0.15, 0.2) is 0 Å². The number of carbonyl (C=O) groups excluding carboxylic acids is 1. The van der Waals surface area contributed by atoms with Gasteiger partial charge in [-0.05, 0) is 37.0 Å². The average molecular weight is 278 g/mol. The molecular formula is C18H18N2O. The van der Waals surface area contributed by atoms with Gasteiger partial charge < -0.3 is 10.3 Å². The molecule has 0 unspecified atom stereocenters. The van der Waals surface area contributed by atoms with Crippen molar-refractivity contribution in [2.75, 3.05) is 5.32 Å². The van der Waals surface area contributed by atoms with E-state index < -0.39 is 0 Å². The van der Waals surface area contributed by atoms with E-state index in [1.165, 1.54) is 21.9 Å². The predicted octanol–water partition coefficient (Wildman–Crippen LogP) is 4.23. The summed E-state index contributed by atoms with van der Waals surface area (Å²) in [7, 11) is 0. The highest BCUT2D eigenvalue weighted by atomic mass is 16.2. The maximum absolute atomic E-state index is 11.9. The molecule has 0 saturated heterocycles. The van der Waals surface area contributed by atoms with Gasteiger partial charge in [-0.2, -0.15) is 0 Å². The third-order valence-electron chi connectivity index (χ3n) is 4.32. The number of nitrogens with one attached hydrogen (secondary N) is 2. The maximum atomic E-state index is 11.9. The number of aryl methyl sites for hydroxylation is 1. The summed E-state index contributed by atoms with van der Waals surface area (Å²) in [5.41, 5.74) is 4.50. The van der Waals surface area contributed by atoms with Crippen molar-refractivity contribution in [2.45, 2.75) is 26.2 Å². The Labute approximate surface area is 123 Å². The van der Waals surface area contributed by atoms with Crippen LogP contribution in [-0.2, 0) is 11.2 Å². The summed E-state index contributed by atoms with van der Waals surface area (Å²) >= 11 is 0. The maximum Gasteiger partial charge on any atom is 0.227 e. The normalized spacial score (nSPS) is 14.7. The molecule has 2 aromatic carbocycles. The highest BCUT2D eigenvalue weighted by molar-refractivity contribution is 6.09. The first-order valence-corrected chi connectivity index (χ1v) is 7.60. The molecule has 1 fully saturated rings. The number of hydrogen-bond acceptors (Lipinski definition) is 1. The second-order valence-electron chi connectivity index (χ2n) is 5.84. The number of amides is 1. The van der Waals surface area contributed by atoms with E-state index in [0.29, 0.717) is 0 Å². The summed E-state index contributed by atoms with van der Waals surface area (Å²) < 4.78 is 0. The van der Waals surface area contributed by atoms with Crippen LogP contribution in [0.15, 0.2) is 36.4 Å². The average Bonchev–Trinajstić information content (AvgIpc) is 3.28. The molecule has 21 heavy (non-hydrogen) atoms. The number of carbonyl (C=O) groups is 1. The van der Waals surface area contributed by atoms with E-state index in [-0.39, 0.29) is 11.8 Å². The molecular weight excluding hydrogens is 260 g/mol. The molecule has 1 heterocycles. The van der Waals surface area contributed by atoms with Gasteiger partial charge in [-0.1, -0.05) is 31.2 Å². The summed E-state index contributed by atoms with van der Waals surface area (Å²) in [6.45, 7) is 2.17. The number of aromatic nitrogens is 1. The van der Waals surface area contributed by atoms with Gasteiger partial charge in [0.25, 0.3) is 0 Å². The summed E-state index contributed by atoms with van der Waals surface area (Å²) in [4.78, 5) is 15.4. The first kappa shape index (κ1) is 12.5. The van der Waals surface area contributed by atoms with Crippen molar-refractivity contribution < 1.29 is 4.79 Å². The second kappa shape index (κ2) is 4.62. The second-order valence-corrected chi connectivity index (χ2v) is 5.84. The van der Waals surface area contributed by atoms with E-state index in [1.807, 2.05) is 12.1 Å². The van der Waals surface area contributed by atoms with Crippen molar-refractivity contribution in [1.82, 2.24) is 4.98 Å². The molecule has 2 N–H and O–H groups in total. The fourth-order valence-electron chi connectivity index (χ4n) is 2.95. The van der Waals surface area contributed by atoms with Crippen LogP contribution < -0.4 is 5.32 Å². The van der Waals surface area contributed by atoms with Crippen molar-refractivity contribution in [3.63, 3.8) is 0 Å². The van der Waals surface area contributed by atoms with Crippen molar-refractivity contribution >= 4 is 33.4 Å². The van der Waals surface area contributed by atoms with Gasteiger partial charge in [0.2, 0.25) is 5.91 Å². The number of anilines is 1. The van der Waals surface area contributed by atoms with Crippen molar-refractivity contribution in [3.05, 3.63) is 42.0 Å². The molecule has 106 valence electrons. The van der Waals surface area contributed by atoms with Crippen LogP contribution in [-0.4, -0.2) is 10.9 Å². The first-order chi connectivity index (χ1) is 10.3. The summed E-state index contributed by atoms with van der Waals surface area (Å²) in [5.74, 6) is 0.384. The SMILES string of the molecule is CCc1cccc2c1[nH]c1cc(NC(=O)C3CC3)ccc12. The Hall–Kier alpha value is -2.29. The standard InChI is InChI=1S/C18H18N2O/c1-2-11-4-3-5-15-14-9-8-13(10-16(14)20-17(11)15)19-18(21)12-6-7-12/h3-5,8-10,12,20H,2,6-7H2,1H3,(H,19,21). The topological polar surface area (TPSA) is 44.9 Å². The number of benzene rings is 2. The molecule has 1 aromatic heterocycles. The van der Waals surface area contributed by atoms with E-state index in [4.69, 9.17) is 0 Å². The van der Waals surface area contributed by atoms with Crippen molar-refractivity contribution in [1.29, 1.82) is 0 Å². The monoisotopic (exact) mass is 278 g/mol. The lowest BCUT2D eigenvalue weighted by atomic mass is 10.1. The number of fused-ring (bicyclic) bond motifs is 3.